The molecule has 0 amide bonds. The van der Waals surface area contributed by atoms with Crippen LogP contribution in [-0.4, -0.2) is 16.1 Å². The standard InChI is InChI=1S/C12H5BrClF2NO3/c13-6-3-7(14)8(15)4-9(6)20-11-10(16)5(12(18)19)1-2-17-11/h1-4H,(H,18,19). The second-order valence-electron chi connectivity index (χ2n) is 3.58. The fourth-order valence-electron chi connectivity index (χ4n) is 1.35. The van der Waals surface area contributed by atoms with Gasteiger partial charge in [-0.2, -0.15) is 0 Å². The smallest absolute Gasteiger partial charge is 0.338 e. The van der Waals surface area contributed by atoms with Gasteiger partial charge in [0.05, 0.1) is 9.50 Å². The van der Waals surface area contributed by atoms with Crippen LogP contribution >= 0.6 is 27.5 Å². The molecule has 0 saturated heterocycles. The van der Waals surface area contributed by atoms with Gasteiger partial charge in [-0.25, -0.2) is 18.6 Å². The Hall–Kier alpha value is -1.73. The van der Waals surface area contributed by atoms with Gasteiger partial charge in [-0.3, -0.25) is 0 Å². The van der Waals surface area contributed by atoms with E-state index in [1.807, 2.05) is 0 Å². The first-order chi connectivity index (χ1) is 9.40. The number of hydrogen-bond acceptors (Lipinski definition) is 3. The zero-order valence-corrected chi connectivity index (χ0v) is 11.9. The van der Waals surface area contributed by atoms with Gasteiger partial charge in [-0.05, 0) is 28.1 Å². The van der Waals surface area contributed by atoms with E-state index in [4.69, 9.17) is 21.4 Å². The van der Waals surface area contributed by atoms with E-state index in [2.05, 4.69) is 20.9 Å². The number of rotatable bonds is 3. The normalized spacial score (nSPS) is 10.4. The van der Waals surface area contributed by atoms with E-state index in [1.165, 1.54) is 6.07 Å². The molecule has 0 aliphatic carbocycles. The third-order valence-corrected chi connectivity index (χ3v) is 3.18. The van der Waals surface area contributed by atoms with E-state index in [9.17, 15) is 13.6 Å². The van der Waals surface area contributed by atoms with E-state index in [1.54, 1.807) is 0 Å². The van der Waals surface area contributed by atoms with Crippen molar-refractivity contribution in [1.82, 2.24) is 4.98 Å². The average molecular weight is 365 g/mol. The SMILES string of the molecule is O=C(O)c1ccnc(Oc2cc(F)c(Cl)cc2Br)c1F. The van der Waals surface area contributed by atoms with Crippen LogP contribution in [0, 0.1) is 11.6 Å². The molecule has 1 aromatic carbocycles. The summed E-state index contributed by atoms with van der Waals surface area (Å²) < 4.78 is 32.5. The van der Waals surface area contributed by atoms with E-state index >= 15 is 0 Å². The van der Waals surface area contributed by atoms with Crippen LogP contribution in [0.25, 0.3) is 0 Å². The van der Waals surface area contributed by atoms with Gasteiger partial charge in [-0.15, -0.1) is 0 Å². The molecular weight excluding hydrogens is 359 g/mol. The molecule has 1 aromatic heterocycles. The molecular formula is C12H5BrClF2NO3. The van der Waals surface area contributed by atoms with Crippen molar-refractivity contribution in [2.45, 2.75) is 0 Å². The Morgan fingerprint density at radius 1 is 1.40 bits per heavy atom. The Kier molecular flexibility index (Phi) is 4.20. The second-order valence-corrected chi connectivity index (χ2v) is 4.84. The highest BCUT2D eigenvalue weighted by molar-refractivity contribution is 9.10. The summed E-state index contributed by atoms with van der Waals surface area (Å²) >= 11 is 8.63. The van der Waals surface area contributed by atoms with Gasteiger partial charge in [0.15, 0.2) is 5.82 Å². The number of nitrogens with zero attached hydrogens (tertiary/aromatic N) is 1. The Labute approximate surface area is 125 Å². The predicted octanol–water partition coefficient (Wildman–Crippen LogP) is 4.27. The molecule has 0 atom stereocenters. The van der Waals surface area contributed by atoms with Crippen molar-refractivity contribution in [2.75, 3.05) is 0 Å². The van der Waals surface area contributed by atoms with Crippen molar-refractivity contribution in [3.63, 3.8) is 0 Å². The first kappa shape index (κ1) is 14.7. The van der Waals surface area contributed by atoms with Gasteiger partial charge in [0.2, 0.25) is 0 Å². The molecule has 2 aromatic rings. The van der Waals surface area contributed by atoms with Crippen molar-refractivity contribution in [2.24, 2.45) is 0 Å². The molecule has 0 saturated carbocycles. The molecule has 1 N–H and O–H groups in total. The predicted molar refractivity (Wildman–Crippen MR) is 70.3 cm³/mol. The Balaban J connectivity index is 2.43. The molecule has 0 radical (unpaired) electrons. The van der Waals surface area contributed by atoms with Crippen LogP contribution in [0.5, 0.6) is 11.6 Å². The fourth-order valence-corrected chi connectivity index (χ4v) is 2.07. The van der Waals surface area contributed by atoms with Gasteiger partial charge in [0.1, 0.15) is 17.1 Å². The molecule has 20 heavy (non-hydrogen) atoms. The number of benzene rings is 1. The summed E-state index contributed by atoms with van der Waals surface area (Å²) in [6.07, 6.45) is 1.07. The number of halogens is 4. The number of carboxylic acid groups (broad SMARTS) is 1. The lowest BCUT2D eigenvalue weighted by Gasteiger charge is -2.09. The molecule has 0 spiro atoms. The topological polar surface area (TPSA) is 59.4 Å². The molecule has 1 heterocycles. The largest absolute Gasteiger partial charge is 0.478 e. The molecule has 8 heteroatoms. The molecule has 0 fully saturated rings. The second kappa shape index (κ2) is 5.72. The summed E-state index contributed by atoms with van der Waals surface area (Å²) in [4.78, 5) is 14.4. The highest BCUT2D eigenvalue weighted by Gasteiger charge is 2.18. The lowest BCUT2D eigenvalue weighted by molar-refractivity contribution is 0.0690. The van der Waals surface area contributed by atoms with Crippen LogP contribution in [0.15, 0.2) is 28.9 Å². The summed E-state index contributed by atoms with van der Waals surface area (Å²) in [6, 6.07) is 3.15. The minimum atomic E-state index is -1.46. The zero-order valence-electron chi connectivity index (χ0n) is 9.53. The first-order valence-electron chi connectivity index (χ1n) is 5.10. The molecule has 4 nitrogen and oxygen atoms in total. The highest BCUT2D eigenvalue weighted by atomic mass is 79.9. The van der Waals surface area contributed by atoms with Gasteiger partial charge in [0.25, 0.3) is 5.88 Å². The van der Waals surface area contributed by atoms with Crippen molar-refractivity contribution in [1.29, 1.82) is 0 Å². The van der Waals surface area contributed by atoms with Gasteiger partial charge < -0.3 is 9.84 Å². The Morgan fingerprint density at radius 3 is 2.75 bits per heavy atom. The van der Waals surface area contributed by atoms with E-state index < -0.39 is 29.0 Å². The lowest BCUT2D eigenvalue weighted by Crippen LogP contribution is -2.03. The minimum absolute atomic E-state index is 0.0826. The van der Waals surface area contributed by atoms with Crippen molar-refractivity contribution in [3.05, 3.63) is 51.1 Å². The third-order valence-electron chi connectivity index (χ3n) is 2.27. The molecule has 0 bridgehead atoms. The monoisotopic (exact) mass is 363 g/mol. The number of ether oxygens (including phenoxy) is 1. The van der Waals surface area contributed by atoms with Crippen LogP contribution in [-0.2, 0) is 0 Å². The van der Waals surface area contributed by atoms with Crippen molar-refractivity contribution in [3.8, 4) is 11.6 Å². The number of pyridine rings is 1. The minimum Gasteiger partial charge on any atom is -0.478 e. The van der Waals surface area contributed by atoms with Crippen LogP contribution in [0.4, 0.5) is 8.78 Å². The van der Waals surface area contributed by atoms with Crippen LogP contribution in [0.3, 0.4) is 0 Å². The summed E-state index contributed by atoms with van der Waals surface area (Å²) in [6.45, 7) is 0. The van der Waals surface area contributed by atoms with Crippen molar-refractivity contribution < 1.29 is 23.4 Å². The van der Waals surface area contributed by atoms with E-state index in [0.717, 1.165) is 18.3 Å². The average Bonchev–Trinajstić information content (AvgIpc) is 2.37. The summed E-state index contributed by atoms with van der Waals surface area (Å²) in [7, 11) is 0. The maximum Gasteiger partial charge on any atom is 0.338 e. The third kappa shape index (κ3) is 2.88. The first-order valence-corrected chi connectivity index (χ1v) is 6.27. The molecule has 0 aliphatic heterocycles. The van der Waals surface area contributed by atoms with E-state index in [0.29, 0.717) is 0 Å². The fraction of sp³-hybridized carbons (Fsp3) is 0. The highest BCUT2D eigenvalue weighted by Crippen LogP contribution is 2.34. The van der Waals surface area contributed by atoms with Gasteiger partial charge in [0, 0.05) is 12.3 Å². The summed E-state index contributed by atoms with van der Waals surface area (Å²) in [5.74, 6) is -4.04. The molecule has 104 valence electrons. The van der Waals surface area contributed by atoms with Gasteiger partial charge in [-0.1, -0.05) is 11.6 Å². The number of hydrogen-bond donors (Lipinski definition) is 1. The number of carboxylic acids is 1. The summed E-state index contributed by atoms with van der Waals surface area (Å²) in [5, 5.41) is 8.64. The molecule has 0 unspecified atom stereocenters. The van der Waals surface area contributed by atoms with Crippen LogP contribution in [0.1, 0.15) is 10.4 Å². The summed E-state index contributed by atoms with van der Waals surface area (Å²) in [5.41, 5.74) is -0.597. The molecule has 2 rings (SSSR count). The number of aromatic nitrogens is 1. The quantitative estimate of drug-likeness (QED) is 0.827. The number of carbonyl (C=O) groups is 1. The lowest BCUT2D eigenvalue weighted by atomic mass is 10.2. The number of aromatic carboxylic acids is 1. The van der Waals surface area contributed by atoms with Crippen LogP contribution < -0.4 is 4.74 Å². The zero-order chi connectivity index (χ0) is 14.9. The van der Waals surface area contributed by atoms with E-state index in [-0.39, 0.29) is 15.2 Å². The maximum absolute atomic E-state index is 13.8. The van der Waals surface area contributed by atoms with Crippen molar-refractivity contribution >= 4 is 33.5 Å². The maximum atomic E-state index is 13.8. The van der Waals surface area contributed by atoms with Crippen LogP contribution in [0.2, 0.25) is 5.02 Å². The molecule has 0 aliphatic rings. The van der Waals surface area contributed by atoms with Gasteiger partial charge >= 0.3 is 5.97 Å². The Morgan fingerprint density at radius 2 is 2.10 bits per heavy atom. The Bertz CT molecular complexity index is 697.